The van der Waals surface area contributed by atoms with Crippen LogP contribution in [-0.2, 0) is 9.53 Å². The number of rotatable bonds is 6. The molecule has 1 N–H and O–H groups in total. The number of fused-ring (bicyclic) bond motifs is 1. The molecule has 0 unspecified atom stereocenters. The smallest absolute Gasteiger partial charge is 0.339 e. The van der Waals surface area contributed by atoms with Crippen LogP contribution in [0.3, 0.4) is 0 Å². The fourth-order valence-corrected chi connectivity index (χ4v) is 2.96. The average molecular weight is 381 g/mol. The monoisotopic (exact) mass is 381 g/mol. The van der Waals surface area contributed by atoms with Crippen molar-refractivity contribution in [2.45, 2.75) is 32.9 Å². The minimum atomic E-state index is -0.969. The number of esters is 1. The zero-order valence-electron chi connectivity index (χ0n) is 16.3. The first-order valence-electron chi connectivity index (χ1n) is 9.03. The second-order valence-corrected chi connectivity index (χ2v) is 6.65. The van der Waals surface area contributed by atoms with Gasteiger partial charge in [0.1, 0.15) is 11.6 Å². The number of methoxy groups -OCH3 is 1. The van der Waals surface area contributed by atoms with Gasteiger partial charge in [-0.2, -0.15) is 5.10 Å². The molecule has 0 saturated heterocycles. The van der Waals surface area contributed by atoms with Gasteiger partial charge in [0, 0.05) is 17.5 Å². The number of hydrogen-bond acceptors (Lipinski definition) is 5. The standard InChI is InChI=1S/C21H23N3O4/c1-13(2)24-19(11-12-22-24)23-20(25)14(3)28-21(26)17-9-10-18(27-4)16-8-6-5-7-15(16)17/h5-14H,1-4H3,(H,23,25)/t14-/m0/s1. The molecule has 3 rings (SSSR count). The number of ether oxygens (including phenoxy) is 2. The molecule has 0 bridgehead atoms. The number of carbonyl (C=O) groups is 2. The van der Waals surface area contributed by atoms with E-state index in [4.69, 9.17) is 9.47 Å². The second kappa shape index (κ2) is 8.12. The number of benzene rings is 2. The Morgan fingerprint density at radius 2 is 1.75 bits per heavy atom. The van der Waals surface area contributed by atoms with Crippen molar-refractivity contribution in [1.29, 1.82) is 0 Å². The number of carbonyl (C=O) groups excluding carboxylic acids is 2. The Morgan fingerprint density at radius 3 is 2.43 bits per heavy atom. The van der Waals surface area contributed by atoms with Crippen molar-refractivity contribution in [3.8, 4) is 5.75 Å². The lowest BCUT2D eigenvalue weighted by molar-refractivity contribution is -0.123. The van der Waals surface area contributed by atoms with Gasteiger partial charge in [0.05, 0.1) is 18.9 Å². The molecule has 0 aliphatic carbocycles. The van der Waals surface area contributed by atoms with Gasteiger partial charge in [-0.15, -0.1) is 0 Å². The molecule has 0 fully saturated rings. The lowest BCUT2D eigenvalue weighted by atomic mass is 10.0. The van der Waals surface area contributed by atoms with Gasteiger partial charge in [0.15, 0.2) is 6.10 Å². The average Bonchev–Trinajstić information content (AvgIpc) is 3.15. The van der Waals surface area contributed by atoms with Crippen molar-refractivity contribution >= 4 is 28.5 Å². The van der Waals surface area contributed by atoms with E-state index >= 15 is 0 Å². The Morgan fingerprint density at radius 1 is 1.04 bits per heavy atom. The molecular weight excluding hydrogens is 358 g/mol. The molecule has 1 amide bonds. The second-order valence-electron chi connectivity index (χ2n) is 6.65. The molecule has 1 heterocycles. The Hall–Kier alpha value is -3.35. The molecule has 0 saturated carbocycles. The molecule has 0 spiro atoms. The summed E-state index contributed by atoms with van der Waals surface area (Å²) in [6.45, 7) is 5.46. The molecule has 1 aromatic heterocycles. The lowest BCUT2D eigenvalue weighted by Crippen LogP contribution is -2.31. The van der Waals surface area contributed by atoms with Gasteiger partial charge in [-0.3, -0.25) is 4.79 Å². The summed E-state index contributed by atoms with van der Waals surface area (Å²) in [6.07, 6.45) is 0.638. The van der Waals surface area contributed by atoms with Crippen molar-refractivity contribution in [2.24, 2.45) is 0 Å². The van der Waals surface area contributed by atoms with E-state index in [0.29, 0.717) is 22.5 Å². The van der Waals surface area contributed by atoms with Crippen LogP contribution in [0.15, 0.2) is 48.7 Å². The highest BCUT2D eigenvalue weighted by Gasteiger charge is 2.22. The Bertz CT molecular complexity index is 1010. The maximum Gasteiger partial charge on any atom is 0.339 e. The van der Waals surface area contributed by atoms with E-state index in [1.54, 1.807) is 36.2 Å². The van der Waals surface area contributed by atoms with E-state index in [2.05, 4.69) is 10.4 Å². The van der Waals surface area contributed by atoms with Crippen LogP contribution < -0.4 is 10.1 Å². The maximum atomic E-state index is 12.7. The van der Waals surface area contributed by atoms with Gasteiger partial charge >= 0.3 is 5.97 Å². The first-order valence-corrected chi connectivity index (χ1v) is 9.03. The highest BCUT2D eigenvalue weighted by molar-refractivity contribution is 6.07. The topological polar surface area (TPSA) is 82.4 Å². The number of hydrogen-bond donors (Lipinski definition) is 1. The van der Waals surface area contributed by atoms with Gasteiger partial charge < -0.3 is 14.8 Å². The van der Waals surface area contributed by atoms with Gasteiger partial charge in [-0.05, 0) is 38.3 Å². The summed E-state index contributed by atoms with van der Waals surface area (Å²) in [5.41, 5.74) is 0.378. The van der Waals surface area contributed by atoms with Gasteiger partial charge in [0.2, 0.25) is 0 Å². The first kappa shape index (κ1) is 19.4. The van der Waals surface area contributed by atoms with Crippen LogP contribution in [0.25, 0.3) is 10.8 Å². The molecule has 0 aliphatic heterocycles. The summed E-state index contributed by atoms with van der Waals surface area (Å²) in [6, 6.07) is 12.5. The summed E-state index contributed by atoms with van der Waals surface area (Å²) >= 11 is 0. The van der Waals surface area contributed by atoms with E-state index < -0.39 is 18.0 Å². The number of amides is 1. The zero-order valence-corrected chi connectivity index (χ0v) is 16.3. The normalized spacial score (nSPS) is 12.0. The van der Waals surface area contributed by atoms with Crippen molar-refractivity contribution < 1.29 is 19.1 Å². The maximum absolute atomic E-state index is 12.7. The van der Waals surface area contributed by atoms with E-state index in [0.717, 1.165) is 5.39 Å². The fraction of sp³-hybridized carbons (Fsp3) is 0.286. The summed E-state index contributed by atoms with van der Waals surface area (Å²) in [5, 5.41) is 8.43. The minimum Gasteiger partial charge on any atom is -0.496 e. The fourth-order valence-electron chi connectivity index (χ4n) is 2.96. The van der Waals surface area contributed by atoms with Gasteiger partial charge in [0.25, 0.3) is 5.91 Å². The zero-order chi connectivity index (χ0) is 20.3. The third kappa shape index (κ3) is 3.83. The number of nitrogens with one attached hydrogen (secondary N) is 1. The van der Waals surface area contributed by atoms with Crippen LogP contribution in [0, 0.1) is 0 Å². The van der Waals surface area contributed by atoms with E-state index in [9.17, 15) is 9.59 Å². The van der Waals surface area contributed by atoms with Crippen LogP contribution >= 0.6 is 0 Å². The molecule has 3 aromatic rings. The largest absolute Gasteiger partial charge is 0.496 e. The molecule has 7 nitrogen and oxygen atoms in total. The lowest BCUT2D eigenvalue weighted by Gasteiger charge is -2.16. The Balaban J connectivity index is 1.76. The van der Waals surface area contributed by atoms with Crippen LogP contribution in [-0.4, -0.2) is 34.9 Å². The molecule has 0 aliphatic rings. The molecule has 2 aromatic carbocycles. The van der Waals surface area contributed by atoms with Crippen molar-refractivity contribution in [3.63, 3.8) is 0 Å². The number of nitrogens with zero attached hydrogens (tertiary/aromatic N) is 2. The van der Waals surface area contributed by atoms with Gasteiger partial charge in [-0.1, -0.05) is 24.3 Å². The highest BCUT2D eigenvalue weighted by atomic mass is 16.5. The van der Waals surface area contributed by atoms with Crippen LogP contribution in [0.2, 0.25) is 0 Å². The Labute approximate surface area is 163 Å². The summed E-state index contributed by atoms with van der Waals surface area (Å²) < 4.78 is 12.4. The van der Waals surface area contributed by atoms with E-state index in [-0.39, 0.29) is 6.04 Å². The molecular formula is C21H23N3O4. The molecule has 1 atom stereocenters. The predicted molar refractivity (Wildman–Crippen MR) is 107 cm³/mol. The molecule has 28 heavy (non-hydrogen) atoms. The van der Waals surface area contributed by atoms with Crippen LogP contribution in [0.1, 0.15) is 37.2 Å². The van der Waals surface area contributed by atoms with Crippen LogP contribution in [0.4, 0.5) is 5.82 Å². The van der Waals surface area contributed by atoms with Crippen molar-refractivity contribution in [3.05, 3.63) is 54.2 Å². The van der Waals surface area contributed by atoms with E-state index in [1.165, 1.54) is 6.92 Å². The van der Waals surface area contributed by atoms with Crippen LogP contribution in [0.5, 0.6) is 5.75 Å². The SMILES string of the molecule is COc1ccc(C(=O)O[C@@H](C)C(=O)Nc2ccnn2C(C)C)c2ccccc12. The summed E-state index contributed by atoms with van der Waals surface area (Å²) in [7, 11) is 1.58. The quantitative estimate of drug-likeness (QED) is 0.657. The summed E-state index contributed by atoms with van der Waals surface area (Å²) in [4.78, 5) is 25.2. The first-order chi connectivity index (χ1) is 13.4. The number of anilines is 1. The third-order valence-corrected chi connectivity index (χ3v) is 4.39. The third-order valence-electron chi connectivity index (χ3n) is 4.39. The molecule has 7 heteroatoms. The molecule has 0 radical (unpaired) electrons. The van der Waals surface area contributed by atoms with E-state index in [1.807, 2.05) is 38.1 Å². The summed E-state index contributed by atoms with van der Waals surface area (Å²) in [5.74, 6) is 0.227. The van der Waals surface area contributed by atoms with Gasteiger partial charge in [-0.25, -0.2) is 9.48 Å². The van der Waals surface area contributed by atoms with Crippen molar-refractivity contribution in [2.75, 3.05) is 12.4 Å². The number of aromatic nitrogens is 2. The minimum absolute atomic E-state index is 0.0915. The highest BCUT2D eigenvalue weighted by Crippen LogP contribution is 2.29. The predicted octanol–water partition coefficient (Wildman–Crippen LogP) is 3.81. The molecule has 146 valence electrons. The van der Waals surface area contributed by atoms with Crippen molar-refractivity contribution in [1.82, 2.24) is 9.78 Å². The Kier molecular flexibility index (Phi) is 5.63.